The normalized spacial score (nSPS) is 9.47. The van der Waals surface area contributed by atoms with Crippen LogP contribution in [-0.2, 0) is 11.2 Å². The third-order valence-electron chi connectivity index (χ3n) is 2.41. The SMILES string of the molecule is CNCCCC(=O)NCCc1ccccc1.Cl. The van der Waals surface area contributed by atoms with Crippen LogP contribution in [-0.4, -0.2) is 26.0 Å². The molecule has 0 aliphatic carbocycles. The van der Waals surface area contributed by atoms with Crippen molar-refractivity contribution < 1.29 is 4.79 Å². The molecule has 1 aromatic rings. The van der Waals surface area contributed by atoms with E-state index in [1.54, 1.807) is 0 Å². The number of carbonyl (C=O) groups excluding carboxylic acids is 1. The molecule has 3 nitrogen and oxygen atoms in total. The lowest BCUT2D eigenvalue weighted by atomic mass is 10.1. The smallest absolute Gasteiger partial charge is 0.220 e. The van der Waals surface area contributed by atoms with E-state index in [1.165, 1.54) is 5.56 Å². The fraction of sp³-hybridized carbons (Fsp3) is 0.462. The summed E-state index contributed by atoms with van der Waals surface area (Å²) in [5, 5.41) is 5.95. The predicted molar refractivity (Wildman–Crippen MR) is 73.6 cm³/mol. The fourth-order valence-corrected chi connectivity index (χ4v) is 1.51. The van der Waals surface area contributed by atoms with Gasteiger partial charge in [-0.2, -0.15) is 0 Å². The highest BCUT2D eigenvalue weighted by molar-refractivity contribution is 5.85. The summed E-state index contributed by atoms with van der Waals surface area (Å²) in [7, 11) is 1.90. The maximum absolute atomic E-state index is 11.4. The largest absolute Gasteiger partial charge is 0.356 e. The summed E-state index contributed by atoms with van der Waals surface area (Å²) in [6.45, 7) is 1.62. The van der Waals surface area contributed by atoms with Crippen LogP contribution in [0.3, 0.4) is 0 Å². The first kappa shape index (κ1) is 15.9. The molecule has 0 spiro atoms. The standard InChI is InChI=1S/C13H20N2O.ClH/c1-14-10-5-8-13(16)15-11-9-12-6-3-2-4-7-12;/h2-4,6-7,14H,5,8-11H2,1H3,(H,15,16);1H. The Balaban J connectivity index is 0.00000256. The molecule has 0 aliphatic rings. The summed E-state index contributed by atoms with van der Waals surface area (Å²) in [6, 6.07) is 10.2. The van der Waals surface area contributed by atoms with Gasteiger partial charge in [0.2, 0.25) is 5.91 Å². The first-order chi connectivity index (χ1) is 7.83. The Labute approximate surface area is 109 Å². The summed E-state index contributed by atoms with van der Waals surface area (Å²) in [4.78, 5) is 11.4. The molecule has 96 valence electrons. The van der Waals surface area contributed by atoms with Crippen molar-refractivity contribution in [2.24, 2.45) is 0 Å². The van der Waals surface area contributed by atoms with Crippen molar-refractivity contribution in [3.63, 3.8) is 0 Å². The summed E-state index contributed by atoms with van der Waals surface area (Å²) >= 11 is 0. The van der Waals surface area contributed by atoms with Crippen LogP contribution >= 0.6 is 12.4 Å². The molecule has 0 unspecified atom stereocenters. The van der Waals surface area contributed by atoms with Crippen molar-refractivity contribution in [2.75, 3.05) is 20.1 Å². The third-order valence-corrected chi connectivity index (χ3v) is 2.41. The van der Waals surface area contributed by atoms with Crippen LogP contribution in [0.2, 0.25) is 0 Å². The molecule has 0 radical (unpaired) electrons. The highest BCUT2D eigenvalue weighted by Crippen LogP contribution is 1.98. The highest BCUT2D eigenvalue weighted by Gasteiger charge is 1.99. The van der Waals surface area contributed by atoms with E-state index >= 15 is 0 Å². The number of rotatable bonds is 7. The molecule has 0 heterocycles. The molecule has 0 aromatic heterocycles. The molecular weight excluding hydrogens is 236 g/mol. The summed E-state index contributed by atoms with van der Waals surface area (Å²) in [5.41, 5.74) is 1.26. The van der Waals surface area contributed by atoms with E-state index in [4.69, 9.17) is 0 Å². The maximum atomic E-state index is 11.4. The molecule has 1 amide bonds. The molecule has 0 bridgehead atoms. The van der Waals surface area contributed by atoms with Gasteiger partial charge in [0.15, 0.2) is 0 Å². The molecular formula is C13H21ClN2O. The molecule has 0 saturated carbocycles. The van der Waals surface area contributed by atoms with Gasteiger partial charge in [0.05, 0.1) is 0 Å². The van der Waals surface area contributed by atoms with Crippen molar-refractivity contribution in [3.05, 3.63) is 35.9 Å². The van der Waals surface area contributed by atoms with Gasteiger partial charge in [-0.3, -0.25) is 4.79 Å². The van der Waals surface area contributed by atoms with Gasteiger partial charge in [-0.05, 0) is 32.0 Å². The average molecular weight is 257 g/mol. The van der Waals surface area contributed by atoms with E-state index in [1.807, 2.05) is 25.2 Å². The minimum absolute atomic E-state index is 0. The van der Waals surface area contributed by atoms with Crippen molar-refractivity contribution in [1.82, 2.24) is 10.6 Å². The first-order valence-corrected chi connectivity index (χ1v) is 5.78. The van der Waals surface area contributed by atoms with Gasteiger partial charge in [0, 0.05) is 13.0 Å². The number of benzene rings is 1. The van der Waals surface area contributed by atoms with E-state index in [2.05, 4.69) is 22.8 Å². The second kappa shape index (κ2) is 10.1. The average Bonchev–Trinajstić information content (AvgIpc) is 2.31. The van der Waals surface area contributed by atoms with Crippen molar-refractivity contribution in [3.8, 4) is 0 Å². The number of nitrogens with one attached hydrogen (secondary N) is 2. The lowest BCUT2D eigenvalue weighted by Crippen LogP contribution is -2.26. The highest BCUT2D eigenvalue weighted by atomic mass is 35.5. The topological polar surface area (TPSA) is 41.1 Å². The summed E-state index contributed by atoms with van der Waals surface area (Å²) in [5.74, 6) is 0.145. The molecule has 1 rings (SSSR count). The lowest BCUT2D eigenvalue weighted by Gasteiger charge is -2.05. The first-order valence-electron chi connectivity index (χ1n) is 5.78. The molecule has 0 fully saturated rings. The Morgan fingerprint density at radius 3 is 2.53 bits per heavy atom. The van der Waals surface area contributed by atoms with Gasteiger partial charge in [-0.1, -0.05) is 30.3 Å². The number of carbonyl (C=O) groups is 1. The fourth-order valence-electron chi connectivity index (χ4n) is 1.51. The number of hydrogen-bond donors (Lipinski definition) is 2. The zero-order chi connectivity index (χ0) is 11.6. The van der Waals surface area contributed by atoms with Crippen LogP contribution in [0.15, 0.2) is 30.3 Å². The van der Waals surface area contributed by atoms with E-state index in [0.717, 1.165) is 25.9 Å². The summed E-state index contributed by atoms with van der Waals surface area (Å²) < 4.78 is 0. The van der Waals surface area contributed by atoms with Gasteiger partial charge in [0.1, 0.15) is 0 Å². The van der Waals surface area contributed by atoms with Crippen LogP contribution in [0, 0.1) is 0 Å². The second-order valence-corrected chi connectivity index (χ2v) is 3.79. The molecule has 2 N–H and O–H groups in total. The van der Waals surface area contributed by atoms with Gasteiger partial charge in [0.25, 0.3) is 0 Å². The molecule has 0 aliphatic heterocycles. The Morgan fingerprint density at radius 2 is 1.88 bits per heavy atom. The lowest BCUT2D eigenvalue weighted by molar-refractivity contribution is -0.121. The van der Waals surface area contributed by atoms with E-state index in [0.29, 0.717) is 6.42 Å². The van der Waals surface area contributed by atoms with Crippen LogP contribution in [0.25, 0.3) is 0 Å². The Hall–Kier alpha value is -1.06. The van der Waals surface area contributed by atoms with Crippen LogP contribution < -0.4 is 10.6 Å². The second-order valence-electron chi connectivity index (χ2n) is 3.79. The zero-order valence-corrected chi connectivity index (χ0v) is 11.1. The Kier molecular flexibility index (Phi) is 9.49. The van der Waals surface area contributed by atoms with Crippen LogP contribution in [0.4, 0.5) is 0 Å². The predicted octanol–water partition coefficient (Wildman–Crippen LogP) is 1.77. The molecule has 1 aromatic carbocycles. The maximum Gasteiger partial charge on any atom is 0.220 e. The van der Waals surface area contributed by atoms with Crippen molar-refractivity contribution in [2.45, 2.75) is 19.3 Å². The van der Waals surface area contributed by atoms with E-state index in [-0.39, 0.29) is 18.3 Å². The van der Waals surface area contributed by atoms with Gasteiger partial charge < -0.3 is 10.6 Å². The van der Waals surface area contributed by atoms with Crippen LogP contribution in [0.5, 0.6) is 0 Å². The molecule has 4 heteroatoms. The number of hydrogen-bond acceptors (Lipinski definition) is 2. The van der Waals surface area contributed by atoms with Crippen LogP contribution in [0.1, 0.15) is 18.4 Å². The van der Waals surface area contributed by atoms with Gasteiger partial charge >= 0.3 is 0 Å². The van der Waals surface area contributed by atoms with Crippen molar-refractivity contribution in [1.29, 1.82) is 0 Å². The quantitative estimate of drug-likeness (QED) is 0.730. The van der Waals surface area contributed by atoms with Gasteiger partial charge in [-0.25, -0.2) is 0 Å². The Morgan fingerprint density at radius 1 is 1.18 bits per heavy atom. The molecule has 0 saturated heterocycles. The minimum Gasteiger partial charge on any atom is -0.356 e. The Bertz CT molecular complexity index is 304. The minimum atomic E-state index is 0. The van der Waals surface area contributed by atoms with E-state index < -0.39 is 0 Å². The van der Waals surface area contributed by atoms with E-state index in [9.17, 15) is 4.79 Å². The molecule has 17 heavy (non-hydrogen) atoms. The van der Waals surface area contributed by atoms with Gasteiger partial charge in [-0.15, -0.1) is 12.4 Å². The molecule has 0 atom stereocenters. The van der Waals surface area contributed by atoms with Crippen molar-refractivity contribution >= 4 is 18.3 Å². The monoisotopic (exact) mass is 256 g/mol. The number of halogens is 1. The zero-order valence-electron chi connectivity index (χ0n) is 10.2. The third kappa shape index (κ3) is 7.77. The summed E-state index contributed by atoms with van der Waals surface area (Å²) in [6.07, 6.45) is 2.40. The number of amides is 1.